The van der Waals surface area contributed by atoms with Gasteiger partial charge in [-0.1, -0.05) is 0 Å². The number of nitrogens with zero attached hydrogens (tertiary/aromatic N) is 3. The molecule has 2 aromatic rings. The van der Waals surface area contributed by atoms with Crippen LogP contribution >= 0.6 is 0 Å². The van der Waals surface area contributed by atoms with Crippen LogP contribution in [0.3, 0.4) is 0 Å². The molecule has 61 heavy (non-hydrogen) atoms. The number of fused-ring (bicyclic) bond motifs is 1. The number of nitrogens with one attached hydrogen (secondary N) is 3. The Morgan fingerprint density at radius 3 is 1.66 bits per heavy atom. The van der Waals surface area contributed by atoms with Gasteiger partial charge in [0.15, 0.2) is 0 Å². The van der Waals surface area contributed by atoms with E-state index in [1.54, 1.807) is 9.44 Å². The summed E-state index contributed by atoms with van der Waals surface area (Å²) in [7, 11) is -9.10. The van der Waals surface area contributed by atoms with Crippen molar-refractivity contribution in [3.05, 3.63) is 68.8 Å². The number of amides is 2. The summed E-state index contributed by atoms with van der Waals surface area (Å²) in [5.74, 6) is 6.85. The molecule has 27 heteroatoms. The Bertz CT molecular complexity index is 2070. The third-order valence-corrected chi connectivity index (χ3v) is 11.1. The second-order valence-electron chi connectivity index (χ2n) is 12.7. The van der Waals surface area contributed by atoms with Gasteiger partial charge in [-0.3, -0.25) is 20.2 Å². The van der Waals surface area contributed by atoms with Crippen LogP contribution in [0, 0.1) is 49.8 Å². The van der Waals surface area contributed by atoms with E-state index in [0.29, 0.717) is 16.1 Å². The summed E-state index contributed by atoms with van der Waals surface area (Å²) in [6.07, 6.45) is -1.91. The fourth-order valence-corrected chi connectivity index (χ4v) is 7.44. The first-order valence-electron chi connectivity index (χ1n) is 18.1. The van der Waals surface area contributed by atoms with E-state index in [4.69, 9.17) is 33.2 Å². The highest BCUT2D eigenvalue weighted by atomic mass is 32.2. The van der Waals surface area contributed by atoms with E-state index in [1.165, 1.54) is 0 Å². The molecule has 1 fully saturated rings. The second-order valence-corrected chi connectivity index (χ2v) is 15.8. The molecule has 0 aliphatic heterocycles. The van der Waals surface area contributed by atoms with E-state index in [2.05, 4.69) is 16.6 Å². The molecule has 2 aliphatic rings. The van der Waals surface area contributed by atoms with Gasteiger partial charge in [-0.05, 0) is 54.9 Å². The van der Waals surface area contributed by atoms with Crippen LogP contribution in [0.1, 0.15) is 25.7 Å². The van der Waals surface area contributed by atoms with Crippen molar-refractivity contribution in [3.63, 3.8) is 0 Å². The molecule has 0 radical (unpaired) electrons. The average molecular weight is 901 g/mol. The SMILES string of the molecule is O=C(NS(=O)(=O)NCCOCCOC(=O)NS(=O)(=O)N(CCOC(=O)Oc1ccc([N+](=O)[O-])cc1)CCOC(=O)Oc1ccc([N+](=O)[O-])cc1)OCC1[C@H]2CCC#CCC[C@@H]12. The number of rotatable bonds is 22. The predicted octanol–water partition coefficient (Wildman–Crippen LogP) is 2.52. The van der Waals surface area contributed by atoms with Crippen molar-refractivity contribution in [2.24, 2.45) is 17.8 Å². The number of carbonyl (C=O) groups excluding carboxylic acids is 4. The lowest BCUT2D eigenvalue weighted by atomic mass is 10.1. The van der Waals surface area contributed by atoms with Crippen LogP contribution in [0.4, 0.5) is 30.6 Å². The first-order valence-corrected chi connectivity index (χ1v) is 21.1. The van der Waals surface area contributed by atoms with Crippen molar-refractivity contribution >= 4 is 56.3 Å². The maximum absolute atomic E-state index is 13.1. The van der Waals surface area contributed by atoms with Gasteiger partial charge < -0.3 is 33.2 Å². The molecule has 3 N–H and O–H groups in total. The number of carbonyl (C=O) groups is 4. The highest BCUT2D eigenvalue weighted by Gasteiger charge is 2.49. The van der Waals surface area contributed by atoms with Gasteiger partial charge in [0, 0.05) is 56.7 Å². The molecule has 0 heterocycles. The van der Waals surface area contributed by atoms with Crippen molar-refractivity contribution < 1.29 is 79.0 Å². The van der Waals surface area contributed by atoms with E-state index in [0.717, 1.165) is 74.2 Å². The average Bonchev–Trinajstić information content (AvgIpc) is 3.84. The van der Waals surface area contributed by atoms with Crippen molar-refractivity contribution in [2.45, 2.75) is 25.7 Å². The lowest BCUT2D eigenvalue weighted by Gasteiger charge is -2.21. The maximum Gasteiger partial charge on any atom is 0.513 e. The Labute approximate surface area is 347 Å². The van der Waals surface area contributed by atoms with Crippen LogP contribution < -0.4 is 23.6 Å². The fourth-order valence-electron chi connectivity index (χ4n) is 5.71. The highest BCUT2D eigenvalue weighted by molar-refractivity contribution is 7.88. The Hall–Kier alpha value is -6.34. The summed E-state index contributed by atoms with van der Waals surface area (Å²) in [4.78, 5) is 69.0. The highest BCUT2D eigenvalue weighted by Crippen LogP contribution is 2.52. The number of non-ortho nitro benzene ring substituents is 2. The molecule has 4 rings (SSSR count). The summed E-state index contributed by atoms with van der Waals surface area (Å²) in [6, 6.07) is 8.69. The van der Waals surface area contributed by atoms with Gasteiger partial charge in [0.25, 0.3) is 11.4 Å². The third-order valence-electron chi connectivity index (χ3n) is 8.63. The van der Waals surface area contributed by atoms with Crippen LogP contribution in [0.2, 0.25) is 0 Å². The van der Waals surface area contributed by atoms with E-state index < -0.39 is 87.7 Å². The molecular weight excluding hydrogens is 861 g/mol. The molecule has 3 atom stereocenters. The minimum atomic E-state index is -4.80. The first kappa shape index (κ1) is 47.3. The smallest absolute Gasteiger partial charge is 0.449 e. The summed E-state index contributed by atoms with van der Waals surface area (Å²) < 4.78 is 91.0. The Balaban J connectivity index is 1.17. The van der Waals surface area contributed by atoms with Crippen LogP contribution in [0.25, 0.3) is 0 Å². The lowest BCUT2D eigenvalue weighted by Crippen LogP contribution is -2.46. The number of nitro benzene ring substituents is 2. The van der Waals surface area contributed by atoms with Crippen LogP contribution in [-0.4, -0.2) is 115 Å². The molecule has 332 valence electrons. The molecular formula is C34H40N6O19S2. The Morgan fingerprint density at radius 1 is 0.672 bits per heavy atom. The van der Waals surface area contributed by atoms with Crippen molar-refractivity contribution in [2.75, 3.05) is 59.3 Å². The zero-order chi connectivity index (χ0) is 44.4. The van der Waals surface area contributed by atoms with Crippen LogP contribution in [0.15, 0.2) is 48.5 Å². The fraction of sp³-hybridized carbons (Fsp3) is 0.471. The lowest BCUT2D eigenvalue weighted by molar-refractivity contribution is -0.385. The summed E-state index contributed by atoms with van der Waals surface area (Å²) >= 11 is 0. The summed E-state index contributed by atoms with van der Waals surface area (Å²) in [5, 5.41) is 21.6. The molecule has 1 saturated carbocycles. The molecule has 2 amide bonds. The van der Waals surface area contributed by atoms with Gasteiger partial charge in [0.05, 0.1) is 29.7 Å². The predicted molar refractivity (Wildman–Crippen MR) is 204 cm³/mol. The Kier molecular flexibility index (Phi) is 17.7. The van der Waals surface area contributed by atoms with Gasteiger partial charge in [-0.2, -0.15) is 25.9 Å². The molecule has 2 aromatic carbocycles. The minimum Gasteiger partial charge on any atom is -0.449 e. The van der Waals surface area contributed by atoms with Crippen LogP contribution in [0.5, 0.6) is 11.5 Å². The van der Waals surface area contributed by atoms with Crippen LogP contribution in [-0.2, 0) is 44.1 Å². The van der Waals surface area contributed by atoms with E-state index in [-0.39, 0.29) is 55.2 Å². The summed E-state index contributed by atoms with van der Waals surface area (Å²) in [5.41, 5.74) is -0.561. The van der Waals surface area contributed by atoms with Gasteiger partial charge in [-0.15, -0.1) is 11.8 Å². The van der Waals surface area contributed by atoms with E-state index in [1.807, 2.05) is 0 Å². The second kappa shape index (κ2) is 22.9. The topological polar surface area (TPSA) is 327 Å². The van der Waals surface area contributed by atoms with Gasteiger partial charge in [0.2, 0.25) is 0 Å². The quantitative estimate of drug-likeness (QED) is 0.0291. The number of benzene rings is 2. The van der Waals surface area contributed by atoms with Crippen molar-refractivity contribution in [1.29, 1.82) is 0 Å². The molecule has 1 unspecified atom stereocenters. The zero-order valence-corrected chi connectivity index (χ0v) is 33.6. The van der Waals surface area contributed by atoms with Gasteiger partial charge in [0.1, 0.15) is 31.3 Å². The van der Waals surface area contributed by atoms with Gasteiger partial charge in [-0.25, -0.2) is 28.6 Å². The zero-order valence-electron chi connectivity index (χ0n) is 32.0. The first-order chi connectivity index (χ1) is 29.0. The number of ether oxygens (including phenoxy) is 7. The molecule has 2 aliphatic carbocycles. The normalized spacial score (nSPS) is 16.8. The Morgan fingerprint density at radius 2 is 1.16 bits per heavy atom. The van der Waals surface area contributed by atoms with Crippen molar-refractivity contribution in [3.8, 4) is 23.3 Å². The molecule has 0 bridgehead atoms. The molecule has 0 saturated heterocycles. The maximum atomic E-state index is 13.1. The van der Waals surface area contributed by atoms with E-state index >= 15 is 0 Å². The third kappa shape index (κ3) is 16.7. The molecule has 25 nitrogen and oxygen atoms in total. The number of hydrogen-bond donors (Lipinski definition) is 3. The molecule has 0 spiro atoms. The van der Waals surface area contributed by atoms with Gasteiger partial charge >= 0.3 is 44.9 Å². The number of nitro groups is 2. The minimum absolute atomic E-state index is 0.0873. The summed E-state index contributed by atoms with van der Waals surface area (Å²) in [6.45, 7) is -3.96. The largest absolute Gasteiger partial charge is 0.513 e. The number of hydrogen-bond acceptors (Lipinski definition) is 19. The van der Waals surface area contributed by atoms with E-state index in [9.17, 15) is 56.2 Å². The molecule has 0 aromatic heterocycles. The monoisotopic (exact) mass is 900 g/mol. The van der Waals surface area contributed by atoms with Crippen molar-refractivity contribution in [1.82, 2.24) is 18.5 Å². The standard InChI is InChI=1S/C34H40N6O19S2/c41-31(57-23-30-28-5-3-1-2-4-6-29(28)30)36-60(49,50)35-15-18-53-21-22-54-32(42)37-61(51,52)38(16-19-55-33(43)58-26-11-7-24(8-12-26)39(45)46)17-20-56-34(44)59-27-13-9-25(10-14-27)40(47)48/h7-14,28-30,35H,3-6,15-23H2,(H,36,41)(H,37,42)/t28-,29+,30?.